The molecule has 1 amide bonds. The Kier molecular flexibility index (Phi) is 6.02. The lowest BCUT2D eigenvalue weighted by atomic mass is 10.3. The summed E-state index contributed by atoms with van der Waals surface area (Å²) in [5.41, 5.74) is 0. The summed E-state index contributed by atoms with van der Waals surface area (Å²) in [6.45, 7) is 1.22. The first-order valence-corrected chi connectivity index (χ1v) is 3.96. The van der Waals surface area contributed by atoms with Gasteiger partial charge in [-0.15, -0.1) is 0 Å². The predicted molar refractivity (Wildman–Crippen MR) is 46.4 cm³/mol. The van der Waals surface area contributed by atoms with E-state index in [1.54, 1.807) is 7.05 Å². The van der Waals surface area contributed by atoms with E-state index in [1.807, 2.05) is 18.0 Å². The van der Waals surface area contributed by atoms with Gasteiger partial charge in [-0.2, -0.15) is 5.26 Å². The van der Waals surface area contributed by atoms with Crippen LogP contribution in [0.4, 0.5) is 0 Å². The number of hydrogen-bond donors (Lipinski definition) is 1. The van der Waals surface area contributed by atoms with Crippen molar-refractivity contribution in [3.8, 4) is 6.07 Å². The molecule has 4 heteroatoms. The number of hydrogen-bond acceptors (Lipinski definition) is 3. The van der Waals surface area contributed by atoms with Gasteiger partial charge in [0.15, 0.2) is 0 Å². The molecular formula is C8H15N3O. The smallest absolute Gasteiger partial charge is 0.219 e. The van der Waals surface area contributed by atoms with Gasteiger partial charge in [-0.3, -0.25) is 9.69 Å². The third-order valence-corrected chi connectivity index (χ3v) is 1.56. The molecule has 1 N–H and O–H groups in total. The van der Waals surface area contributed by atoms with Crippen molar-refractivity contribution in [2.75, 3.05) is 27.2 Å². The van der Waals surface area contributed by atoms with Gasteiger partial charge in [-0.1, -0.05) is 0 Å². The lowest BCUT2D eigenvalue weighted by molar-refractivity contribution is -0.120. The summed E-state index contributed by atoms with van der Waals surface area (Å²) in [6.07, 6.45) is 1.34. The fraction of sp³-hybridized carbons (Fsp3) is 0.750. The molecule has 0 saturated carbocycles. The second kappa shape index (κ2) is 6.62. The molecule has 0 saturated heterocycles. The number of carbonyl (C=O) groups excluding carboxylic acids is 1. The van der Waals surface area contributed by atoms with Crippen LogP contribution in [0.15, 0.2) is 0 Å². The van der Waals surface area contributed by atoms with Crippen molar-refractivity contribution in [1.29, 1.82) is 5.26 Å². The van der Waals surface area contributed by atoms with E-state index in [0.717, 1.165) is 13.0 Å². The molecule has 0 radical (unpaired) electrons. The van der Waals surface area contributed by atoms with Crippen molar-refractivity contribution in [1.82, 2.24) is 10.2 Å². The minimum absolute atomic E-state index is 0.0559. The van der Waals surface area contributed by atoms with E-state index >= 15 is 0 Å². The third kappa shape index (κ3) is 5.69. The van der Waals surface area contributed by atoms with E-state index in [1.165, 1.54) is 0 Å². The molecule has 0 aromatic rings. The van der Waals surface area contributed by atoms with Crippen LogP contribution in [0.25, 0.3) is 0 Å². The van der Waals surface area contributed by atoms with Gasteiger partial charge >= 0.3 is 0 Å². The zero-order chi connectivity index (χ0) is 9.40. The molecule has 0 aliphatic carbocycles. The Morgan fingerprint density at radius 3 is 2.83 bits per heavy atom. The maximum Gasteiger partial charge on any atom is 0.219 e. The number of amides is 1. The Labute approximate surface area is 73.2 Å². The predicted octanol–water partition coefficient (Wildman–Crippen LogP) is -0.0320. The first-order chi connectivity index (χ1) is 5.70. The van der Waals surface area contributed by atoms with Gasteiger partial charge in [0.05, 0.1) is 12.6 Å². The largest absolute Gasteiger partial charge is 0.359 e. The van der Waals surface area contributed by atoms with Crippen LogP contribution in [0.2, 0.25) is 0 Å². The van der Waals surface area contributed by atoms with Gasteiger partial charge in [0.25, 0.3) is 0 Å². The molecule has 0 rings (SSSR count). The highest BCUT2D eigenvalue weighted by molar-refractivity contribution is 5.75. The van der Waals surface area contributed by atoms with Gasteiger partial charge in [0.1, 0.15) is 0 Å². The van der Waals surface area contributed by atoms with Crippen LogP contribution in [-0.4, -0.2) is 38.0 Å². The highest BCUT2D eigenvalue weighted by Gasteiger charge is 1.99. The molecular weight excluding hydrogens is 154 g/mol. The maximum absolute atomic E-state index is 10.8. The van der Waals surface area contributed by atoms with E-state index in [2.05, 4.69) is 5.32 Å². The number of rotatable bonds is 5. The van der Waals surface area contributed by atoms with Crippen LogP contribution in [-0.2, 0) is 4.79 Å². The van der Waals surface area contributed by atoms with Crippen molar-refractivity contribution in [2.24, 2.45) is 0 Å². The summed E-state index contributed by atoms with van der Waals surface area (Å²) in [5, 5.41) is 10.9. The lowest BCUT2D eigenvalue weighted by Crippen LogP contribution is -2.23. The van der Waals surface area contributed by atoms with E-state index < -0.39 is 0 Å². The molecule has 68 valence electrons. The zero-order valence-corrected chi connectivity index (χ0v) is 7.63. The molecule has 0 aliphatic rings. The maximum atomic E-state index is 10.8. The Balaban J connectivity index is 3.31. The first-order valence-electron chi connectivity index (χ1n) is 3.96. The number of nitriles is 1. The molecule has 4 nitrogen and oxygen atoms in total. The standard InChI is InChI=1S/C8H15N3O/c1-10-8(12)4-3-6-11(2)7-5-9/h3-4,6-7H2,1-2H3,(H,10,12). The monoisotopic (exact) mass is 169 g/mol. The van der Waals surface area contributed by atoms with Crippen LogP contribution in [0.1, 0.15) is 12.8 Å². The summed E-state index contributed by atoms with van der Waals surface area (Å²) in [6, 6.07) is 2.04. The summed E-state index contributed by atoms with van der Waals surface area (Å²) in [4.78, 5) is 12.6. The molecule has 0 bridgehead atoms. The average Bonchev–Trinajstić information content (AvgIpc) is 2.04. The molecule has 0 spiro atoms. The van der Waals surface area contributed by atoms with E-state index in [-0.39, 0.29) is 5.91 Å². The minimum atomic E-state index is 0.0559. The fourth-order valence-corrected chi connectivity index (χ4v) is 0.834. The molecule has 12 heavy (non-hydrogen) atoms. The van der Waals surface area contributed by atoms with Crippen molar-refractivity contribution in [2.45, 2.75) is 12.8 Å². The second-order valence-corrected chi connectivity index (χ2v) is 2.67. The topological polar surface area (TPSA) is 56.1 Å². The average molecular weight is 169 g/mol. The highest BCUT2D eigenvalue weighted by atomic mass is 16.1. The third-order valence-electron chi connectivity index (χ3n) is 1.56. The number of nitrogens with zero attached hydrogens (tertiary/aromatic N) is 2. The van der Waals surface area contributed by atoms with Crippen LogP contribution in [0.3, 0.4) is 0 Å². The van der Waals surface area contributed by atoms with E-state index in [9.17, 15) is 4.79 Å². The van der Waals surface area contributed by atoms with Crippen molar-refractivity contribution in [3.05, 3.63) is 0 Å². The Morgan fingerprint density at radius 2 is 2.33 bits per heavy atom. The van der Waals surface area contributed by atoms with E-state index in [0.29, 0.717) is 13.0 Å². The van der Waals surface area contributed by atoms with Crippen molar-refractivity contribution < 1.29 is 4.79 Å². The molecule has 0 heterocycles. The Hall–Kier alpha value is -1.08. The molecule has 0 atom stereocenters. The van der Waals surface area contributed by atoms with Crippen LogP contribution < -0.4 is 5.32 Å². The number of nitrogens with one attached hydrogen (secondary N) is 1. The highest BCUT2D eigenvalue weighted by Crippen LogP contribution is 1.91. The van der Waals surface area contributed by atoms with Gasteiger partial charge in [0.2, 0.25) is 5.91 Å². The zero-order valence-electron chi connectivity index (χ0n) is 7.63. The number of carbonyl (C=O) groups is 1. The summed E-state index contributed by atoms with van der Waals surface area (Å²) in [5.74, 6) is 0.0559. The van der Waals surface area contributed by atoms with E-state index in [4.69, 9.17) is 5.26 Å². The molecule has 0 aliphatic heterocycles. The lowest BCUT2D eigenvalue weighted by Gasteiger charge is -2.10. The van der Waals surface area contributed by atoms with Crippen molar-refractivity contribution >= 4 is 5.91 Å². The van der Waals surface area contributed by atoms with Crippen LogP contribution in [0.5, 0.6) is 0 Å². The normalized spacial score (nSPS) is 9.50. The molecule has 0 aromatic carbocycles. The van der Waals surface area contributed by atoms with Crippen molar-refractivity contribution in [3.63, 3.8) is 0 Å². The summed E-state index contributed by atoms with van der Waals surface area (Å²) < 4.78 is 0. The Morgan fingerprint density at radius 1 is 1.67 bits per heavy atom. The van der Waals surface area contributed by atoms with Crippen LogP contribution >= 0.6 is 0 Å². The molecule has 0 fully saturated rings. The second-order valence-electron chi connectivity index (χ2n) is 2.67. The summed E-state index contributed by atoms with van der Waals surface area (Å²) in [7, 11) is 3.49. The summed E-state index contributed by atoms with van der Waals surface area (Å²) >= 11 is 0. The Bertz CT molecular complexity index is 174. The first kappa shape index (κ1) is 10.9. The minimum Gasteiger partial charge on any atom is -0.359 e. The fourth-order valence-electron chi connectivity index (χ4n) is 0.834. The van der Waals surface area contributed by atoms with Gasteiger partial charge in [0, 0.05) is 13.5 Å². The van der Waals surface area contributed by atoms with Gasteiger partial charge < -0.3 is 5.32 Å². The van der Waals surface area contributed by atoms with Gasteiger partial charge in [-0.25, -0.2) is 0 Å². The SMILES string of the molecule is CNC(=O)CCCN(C)CC#N. The molecule has 0 unspecified atom stereocenters. The van der Waals surface area contributed by atoms with Gasteiger partial charge in [-0.05, 0) is 20.0 Å². The quantitative estimate of drug-likeness (QED) is 0.588. The molecule has 0 aromatic heterocycles. The van der Waals surface area contributed by atoms with Crippen LogP contribution in [0, 0.1) is 11.3 Å².